The smallest absolute Gasteiger partial charge is 0.269 e. The first-order chi connectivity index (χ1) is 7.75. The molecule has 1 aliphatic heterocycles. The molecule has 0 amide bonds. The van der Waals surface area contributed by atoms with Crippen LogP contribution in [-0.4, -0.2) is 17.3 Å². The summed E-state index contributed by atoms with van der Waals surface area (Å²) >= 11 is 0. The fraction of sp³-hybridized carbons (Fsp3) is 0.300. The number of rotatable bonds is 3. The molecule has 7 heteroatoms. The maximum atomic E-state index is 10.4. The van der Waals surface area contributed by atoms with Crippen LogP contribution in [0.4, 0.5) is 11.4 Å². The van der Waals surface area contributed by atoms with Gasteiger partial charge in [-0.25, -0.2) is 0 Å². The summed E-state index contributed by atoms with van der Waals surface area (Å²) in [5.74, 6) is 0.929. The molecular formula is C10H13ClN4O2. The van der Waals surface area contributed by atoms with Gasteiger partial charge in [0.2, 0.25) is 0 Å². The summed E-state index contributed by atoms with van der Waals surface area (Å²) < 4.78 is 0. The van der Waals surface area contributed by atoms with Gasteiger partial charge in [-0.3, -0.25) is 26.0 Å². The number of halogens is 1. The maximum absolute atomic E-state index is 10.4. The Morgan fingerprint density at radius 2 is 1.94 bits per heavy atom. The van der Waals surface area contributed by atoms with Crippen molar-refractivity contribution >= 4 is 29.6 Å². The number of nitrogens with one attached hydrogen (secondary N) is 2. The molecule has 2 rings (SSSR count). The molecule has 0 aliphatic carbocycles. The van der Waals surface area contributed by atoms with E-state index in [1.807, 2.05) is 0 Å². The number of hydrogen-bond donors (Lipinski definition) is 2. The second kappa shape index (κ2) is 6.05. The monoisotopic (exact) mass is 256 g/mol. The molecule has 0 radical (unpaired) electrons. The average molecular weight is 257 g/mol. The lowest BCUT2D eigenvalue weighted by Crippen LogP contribution is -2.27. The number of nitro groups is 1. The van der Waals surface area contributed by atoms with Crippen molar-refractivity contribution in [2.45, 2.75) is 12.8 Å². The molecule has 6 nitrogen and oxygen atoms in total. The third-order valence-corrected chi connectivity index (χ3v) is 2.30. The van der Waals surface area contributed by atoms with Gasteiger partial charge >= 0.3 is 0 Å². The summed E-state index contributed by atoms with van der Waals surface area (Å²) in [6, 6.07) is 6.22. The Balaban J connectivity index is 0.00000144. The van der Waals surface area contributed by atoms with E-state index in [9.17, 15) is 10.1 Å². The largest absolute Gasteiger partial charge is 0.300 e. The van der Waals surface area contributed by atoms with Crippen LogP contribution in [0.15, 0.2) is 29.3 Å². The molecule has 0 spiro atoms. The van der Waals surface area contributed by atoms with Crippen LogP contribution in [0.3, 0.4) is 0 Å². The fourth-order valence-electron chi connectivity index (χ4n) is 1.45. The summed E-state index contributed by atoms with van der Waals surface area (Å²) in [4.78, 5) is 14.2. The van der Waals surface area contributed by atoms with E-state index in [4.69, 9.17) is 0 Å². The van der Waals surface area contributed by atoms with Crippen molar-refractivity contribution in [2.24, 2.45) is 4.99 Å². The molecule has 1 heterocycles. The number of hydrogen-bond acceptors (Lipinski definition) is 5. The van der Waals surface area contributed by atoms with Crippen molar-refractivity contribution in [3.63, 3.8) is 0 Å². The van der Waals surface area contributed by atoms with Crippen LogP contribution in [0.1, 0.15) is 12.8 Å². The number of amidine groups is 1. The number of non-ortho nitro benzene ring substituents is 1. The minimum Gasteiger partial charge on any atom is -0.300 e. The molecule has 2 N–H and O–H groups in total. The predicted molar refractivity (Wildman–Crippen MR) is 68.6 cm³/mol. The summed E-state index contributed by atoms with van der Waals surface area (Å²) in [5.41, 5.74) is 6.79. The standard InChI is InChI=1S/C10H12N4O2.ClH/c15-14(16)9-5-3-8(4-6-9)12-13-10-2-1-7-11-10;/h3-6,12H,1-2,7H2,(H,11,13);1H. The minimum atomic E-state index is -0.418. The SMILES string of the molecule is Cl.O=[N+]([O-])c1ccc(NNC2=NCCC2)cc1. The van der Waals surface area contributed by atoms with Crippen LogP contribution < -0.4 is 10.9 Å². The molecule has 0 saturated heterocycles. The van der Waals surface area contributed by atoms with Gasteiger partial charge < -0.3 is 0 Å². The number of anilines is 1. The quantitative estimate of drug-likeness (QED) is 0.641. The van der Waals surface area contributed by atoms with Crippen LogP contribution in [0.5, 0.6) is 0 Å². The molecule has 1 aliphatic rings. The Morgan fingerprint density at radius 3 is 2.47 bits per heavy atom. The zero-order valence-corrected chi connectivity index (χ0v) is 9.87. The lowest BCUT2D eigenvalue weighted by atomic mass is 10.3. The average Bonchev–Trinajstić information content (AvgIpc) is 2.80. The Labute approximate surface area is 105 Å². The van der Waals surface area contributed by atoms with Crippen LogP contribution in [-0.2, 0) is 0 Å². The van der Waals surface area contributed by atoms with Crippen molar-refractivity contribution in [1.29, 1.82) is 0 Å². The van der Waals surface area contributed by atoms with E-state index in [0.29, 0.717) is 0 Å². The third kappa shape index (κ3) is 3.60. The first-order valence-corrected chi connectivity index (χ1v) is 5.05. The van der Waals surface area contributed by atoms with Gasteiger partial charge in [-0.2, -0.15) is 0 Å². The van der Waals surface area contributed by atoms with Crippen LogP contribution in [0.2, 0.25) is 0 Å². The highest BCUT2D eigenvalue weighted by Crippen LogP contribution is 2.14. The van der Waals surface area contributed by atoms with Crippen LogP contribution in [0, 0.1) is 10.1 Å². The van der Waals surface area contributed by atoms with Crippen molar-refractivity contribution < 1.29 is 4.92 Å². The number of benzene rings is 1. The van der Waals surface area contributed by atoms with E-state index >= 15 is 0 Å². The second-order valence-electron chi connectivity index (χ2n) is 3.49. The zero-order valence-electron chi connectivity index (χ0n) is 9.05. The fourth-order valence-corrected chi connectivity index (χ4v) is 1.45. The van der Waals surface area contributed by atoms with E-state index < -0.39 is 4.92 Å². The van der Waals surface area contributed by atoms with E-state index in [1.54, 1.807) is 12.1 Å². The molecule has 0 aromatic heterocycles. The second-order valence-corrected chi connectivity index (χ2v) is 3.49. The Kier molecular flexibility index (Phi) is 4.71. The molecule has 0 fully saturated rings. The molecule has 0 saturated carbocycles. The molecule has 92 valence electrons. The Hall–Kier alpha value is -1.82. The van der Waals surface area contributed by atoms with Gasteiger partial charge in [-0.05, 0) is 18.6 Å². The summed E-state index contributed by atoms with van der Waals surface area (Å²) in [6.45, 7) is 0.865. The van der Waals surface area contributed by atoms with Crippen LogP contribution >= 0.6 is 12.4 Å². The van der Waals surface area contributed by atoms with Gasteiger partial charge in [0.05, 0.1) is 10.6 Å². The van der Waals surface area contributed by atoms with E-state index in [-0.39, 0.29) is 18.1 Å². The number of nitrogens with zero attached hydrogens (tertiary/aromatic N) is 2. The number of hydrazine groups is 1. The third-order valence-electron chi connectivity index (χ3n) is 2.30. The maximum Gasteiger partial charge on any atom is 0.269 e. The van der Waals surface area contributed by atoms with E-state index in [1.165, 1.54) is 12.1 Å². The highest BCUT2D eigenvalue weighted by atomic mass is 35.5. The summed E-state index contributed by atoms with van der Waals surface area (Å²) in [6.07, 6.45) is 2.02. The normalized spacial score (nSPS) is 13.5. The molecule has 0 atom stereocenters. The predicted octanol–water partition coefficient (Wildman–Crippen LogP) is 2.13. The summed E-state index contributed by atoms with van der Waals surface area (Å²) in [5, 5.41) is 10.4. The van der Waals surface area contributed by atoms with Gasteiger partial charge in [-0.15, -0.1) is 12.4 Å². The highest BCUT2D eigenvalue weighted by Gasteiger charge is 2.06. The zero-order chi connectivity index (χ0) is 11.4. The molecule has 1 aromatic rings. The lowest BCUT2D eigenvalue weighted by Gasteiger charge is -2.08. The molecule has 0 unspecified atom stereocenters. The highest BCUT2D eigenvalue weighted by molar-refractivity contribution is 5.85. The van der Waals surface area contributed by atoms with E-state index in [0.717, 1.165) is 30.9 Å². The molecule has 1 aromatic carbocycles. The van der Waals surface area contributed by atoms with Gasteiger partial charge in [0.1, 0.15) is 5.84 Å². The molecular weight excluding hydrogens is 244 g/mol. The van der Waals surface area contributed by atoms with E-state index in [2.05, 4.69) is 15.8 Å². The molecule has 0 bridgehead atoms. The minimum absolute atomic E-state index is 0. The first-order valence-electron chi connectivity index (χ1n) is 5.05. The van der Waals surface area contributed by atoms with Crippen molar-refractivity contribution in [3.8, 4) is 0 Å². The lowest BCUT2D eigenvalue weighted by molar-refractivity contribution is -0.384. The van der Waals surface area contributed by atoms with Crippen molar-refractivity contribution in [1.82, 2.24) is 5.43 Å². The summed E-state index contributed by atoms with van der Waals surface area (Å²) in [7, 11) is 0. The topological polar surface area (TPSA) is 79.6 Å². The first kappa shape index (κ1) is 13.2. The van der Waals surface area contributed by atoms with Gasteiger partial charge in [0.25, 0.3) is 5.69 Å². The van der Waals surface area contributed by atoms with Gasteiger partial charge in [-0.1, -0.05) is 0 Å². The Morgan fingerprint density at radius 1 is 1.24 bits per heavy atom. The van der Waals surface area contributed by atoms with Crippen molar-refractivity contribution in [2.75, 3.05) is 12.0 Å². The van der Waals surface area contributed by atoms with Gasteiger partial charge in [0.15, 0.2) is 0 Å². The van der Waals surface area contributed by atoms with Gasteiger partial charge in [0, 0.05) is 25.1 Å². The number of nitro benzene ring substituents is 1. The van der Waals surface area contributed by atoms with Crippen molar-refractivity contribution in [3.05, 3.63) is 34.4 Å². The number of aliphatic imine (C=N–C) groups is 1. The Bertz CT molecular complexity index is 419. The molecule has 17 heavy (non-hydrogen) atoms. The van der Waals surface area contributed by atoms with Crippen LogP contribution in [0.25, 0.3) is 0 Å².